The summed E-state index contributed by atoms with van der Waals surface area (Å²) in [7, 11) is 0. The second kappa shape index (κ2) is 4.41. The van der Waals surface area contributed by atoms with E-state index in [9.17, 15) is 0 Å². The summed E-state index contributed by atoms with van der Waals surface area (Å²) in [5.74, 6) is 0.623. The second-order valence-electron chi connectivity index (χ2n) is 4.00. The van der Waals surface area contributed by atoms with Gasteiger partial charge >= 0.3 is 0 Å². The van der Waals surface area contributed by atoms with Crippen molar-refractivity contribution in [3.63, 3.8) is 0 Å². The molecule has 0 aliphatic rings. The predicted molar refractivity (Wildman–Crippen MR) is 71.0 cm³/mol. The summed E-state index contributed by atoms with van der Waals surface area (Å²) in [6.45, 7) is 4.44. The van der Waals surface area contributed by atoms with Gasteiger partial charge in [0, 0.05) is 0 Å². The van der Waals surface area contributed by atoms with Crippen LogP contribution in [0.2, 0.25) is 0 Å². The maximum atomic E-state index is 4.42. The number of imidazole rings is 1. The number of fused-ring (bicyclic) bond motifs is 1. The Hall–Kier alpha value is -2.49. The molecule has 0 bridgehead atoms. The minimum Gasteiger partial charge on any atom is -0.311 e. The average Bonchev–Trinajstić information content (AvgIpc) is 2.82. The van der Waals surface area contributed by atoms with Crippen LogP contribution in [0, 0.1) is 0 Å². The zero-order chi connectivity index (χ0) is 12.4. The van der Waals surface area contributed by atoms with Crippen molar-refractivity contribution < 1.29 is 0 Å². The summed E-state index contributed by atoms with van der Waals surface area (Å²) in [5, 5.41) is 0. The number of aromatic nitrogens is 4. The molecule has 0 amide bonds. The number of benzene rings is 1. The number of rotatable bonds is 3. The molecule has 18 heavy (non-hydrogen) atoms. The summed E-state index contributed by atoms with van der Waals surface area (Å²) < 4.78 is 2.01. The van der Waals surface area contributed by atoms with Crippen LogP contribution in [0.5, 0.6) is 0 Å². The van der Waals surface area contributed by atoms with Crippen molar-refractivity contribution in [2.24, 2.45) is 0 Å². The Bertz CT molecular complexity index is 685. The van der Waals surface area contributed by atoms with Crippen LogP contribution in [0.1, 0.15) is 11.4 Å². The van der Waals surface area contributed by atoms with Gasteiger partial charge in [0.2, 0.25) is 0 Å². The Balaban J connectivity index is 2.04. The molecular weight excluding hydrogens is 224 g/mol. The van der Waals surface area contributed by atoms with Crippen molar-refractivity contribution in [2.75, 3.05) is 0 Å². The van der Waals surface area contributed by atoms with Gasteiger partial charge in [0.25, 0.3) is 0 Å². The molecule has 3 aromatic rings. The standard InChI is InChI=1S/C14H12N4/c1-2-13-15-8-12-14(17-13)18(10-16-12)9-11-6-4-3-5-7-11/h2-8,10H,1,9H2. The Morgan fingerprint density at radius 3 is 2.78 bits per heavy atom. The molecule has 0 fully saturated rings. The van der Waals surface area contributed by atoms with Gasteiger partial charge in [-0.2, -0.15) is 0 Å². The second-order valence-corrected chi connectivity index (χ2v) is 4.00. The molecule has 0 N–H and O–H groups in total. The highest BCUT2D eigenvalue weighted by atomic mass is 15.1. The maximum Gasteiger partial charge on any atom is 0.164 e. The molecule has 88 valence electrons. The molecule has 4 nitrogen and oxygen atoms in total. The molecule has 3 rings (SSSR count). The largest absolute Gasteiger partial charge is 0.311 e. The Labute approximate surface area is 105 Å². The van der Waals surface area contributed by atoms with Crippen molar-refractivity contribution in [3.8, 4) is 0 Å². The van der Waals surface area contributed by atoms with Crippen LogP contribution in [0.3, 0.4) is 0 Å². The highest BCUT2D eigenvalue weighted by Crippen LogP contribution is 2.12. The van der Waals surface area contributed by atoms with E-state index in [0.717, 1.165) is 17.7 Å². The third kappa shape index (κ3) is 1.88. The molecule has 4 heteroatoms. The zero-order valence-corrected chi connectivity index (χ0v) is 9.82. The summed E-state index contributed by atoms with van der Waals surface area (Å²) in [6.07, 6.45) is 5.15. The fourth-order valence-corrected chi connectivity index (χ4v) is 1.86. The van der Waals surface area contributed by atoms with Gasteiger partial charge in [-0.15, -0.1) is 0 Å². The molecule has 0 saturated heterocycles. The van der Waals surface area contributed by atoms with Crippen molar-refractivity contribution in [1.29, 1.82) is 0 Å². The van der Waals surface area contributed by atoms with Gasteiger partial charge in [0.05, 0.1) is 19.1 Å². The SMILES string of the molecule is C=Cc1ncc2ncn(Cc3ccccc3)c2n1. The van der Waals surface area contributed by atoms with E-state index in [0.29, 0.717) is 5.82 Å². The lowest BCUT2D eigenvalue weighted by atomic mass is 10.2. The van der Waals surface area contributed by atoms with Gasteiger partial charge < -0.3 is 4.57 Å². The molecule has 2 aromatic heterocycles. The first-order valence-electron chi connectivity index (χ1n) is 5.71. The smallest absolute Gasteiger partial charge is 0.164 e. The van der Waals surface area contributed by atoms with Crippen molar-refractivity contribution in [3.05, 3.63) is 60.8 Å². The van der Waals surface area contributed by atoms with E-state index < -0.39 is 0 Å². The Morgan fingerprint density at radius 2 is 2.00 bits per heavy atom. The Kier molecular flexibility index (Phi) is 2.61. The molecule has 1 aromatic carbocycles. The lowest BCUT2D eigenvalue weighted by molar-refractivity contribution is 0.812. The first kappa shape index (κ1) is 10.7. The lowest BCUT2D eigenvalue weighted by Gasteiger charge is -2.03. The average molecular weight is 236 g/mol. The zero-order valence-electron chi connectivity index (χ0n) is 9.82. The van der Waals surface area contributed by atoms with Crippen LogP contribution in [0.4, 0.5) is 0 Å². The minimum atomic E-state index is 0.623. The molecule has 0 saturated carbocycles. The molecule has 0 aliphatic heterocycles. The predicted octanol–water partition coefficient (Wildman–Crippen LogP) is 2.52. The third-order valence-electron chi connectivity index (χ3n) is 2.76. The molecule has 0 unspecified atom stereocenters. The normalized spacial score (nSPS) is 10.7. The van der Waals surface area contributed by atoms with Crippen LogP contribution in [0.25, 0.3) is 17.2 Å². The highest BCUT2D eigenvalue weighted by Gasteiger charge is 2.05. The van der Waals surface area contributed by atoms with Gasteiger partial charge in [-0.25, -0.2) is 15.0 Å². The minimum absolute atomic E-state index is 0.623. The van der Waals surface area contributed by atoms with Crippen LogP contribution in [-0.4, -0.2) is 19.5 Å². The van der Waals surface area contributed by atoms with E-state index in [-0.39, 0.29) is 0 Å². The van der Waals surface area contributed by atoms with E-state index in [1.54, 1.807) is 18.6 Å². The van der Waals surface area contributed by atoms with Gasteiger partial charge in [0.1, 0.15) is 5.52 Å². The summed E-state index contributed by atoms with van der Waals surface area (Å²) >= 11 is 0. The fraction of sp³-hybridized carbons (Fsp3) is 0.0714. The molecular formula is C14H12N4. The highest BCUT2D eigenvalue weighted by molar-refractivity contribution is 5.70. The summed E-state index contributed by atoms with van der Waals surface area (Å²) in [6, 6.07) is 10.2. The Morgan fingerprint density at radius 1 is 1.17 bits per heavy atom. The number of nitrogens with zero attached hydrogens (tertiary/aromatic N) is 4. The fourth-order valence-electron chi connectivity index (χ4n) is 1.86. The van der Waals surface area contributed by atoms with E-state index >= 15 is 0 Å². The van der Waals surface area contributed by atoms with E-state index in [4.69, 9.17) is 0 Å². The first-order valence-corrected chi connectivity index (χ1v) is 5.71. The summed E-state index contributed by atoms with van der Waals surface area (Å²) in [5.41, 5.74) is 2.86. The van der Waals surface area contributed by atoms with Gasteiger partial charge in [-0.05, 0) is 11.6 Å². The molecule has 2 heterocycles. The van der Waals surface area contributed by atoms with E-state index in [1.807, 2.05) is 22.8 Å². The van der Waals surface area contributed by atoms with Gasteiger partial charge in [-0.1, -0.05) is 36.9 Å². The maximum absolute atomic E-state index is 4.42. The van der Waals surface area contributed by atoms with E-state index in [2.05, 4.69) is 33.7 Å². The van der Waals surface area contributed by atoms with Gasteiger partial charge in [-0.3, -0.25) is 0 Å². The quantitative estimate of drug-likeness (QED) is 0.701. The van der Waals surface area contributed by atoms with Crippen LogP contribution >= 0.6 is 0 Å². The van der Waals surface area contributed by atoms with E-state index in [1.165, 1.54) is 5.56 Å². The van der Waals surface area contributed by atoms with Crippen LogP contribution in [-0.2, 0) is 6.54 Å². The molecule has 0 atom stereocenters. The molecule has 0 aliphatic carbocycles. The number of hydrogen-bond donors (Lipinski definition) is 0. The van der Waals surface area contributed by atoms with Gasteiger partial charge in [0.15, 0.2) is 11.5 Å². The molecule has 0 spiro atoms. The summed E-state index contributed by atoms with van der Waals surface area (Å²) in [4.78, 5) is 12.9. The van der Waals surface area contributed by atoms with Crippen molar-refractivity contribution >= 4 is 17.2 Å². The topological polar surface area (TPSA) is 43.6 Å². The first-order chi connectivity index (χ1) is 8.86. The monoisotopic (exact) mass is 236 g/mol. The third-order valence-corrected chi connectivity index (χ3v) is 2.76. The van der Waals surface area contributed by atoms with Crippen LogP contribution < -0.4 is 0 Å². The van der Waals surface area contributed by atoms with Crippen molar-refractivity contribution in [1.82, 2.24) is 19.5 Å². The lowest BCUT2D eigenvalue weighted by Crippen LogP contribution is -2.00. The van der Waals surface area contributed by atoms with Crippen LogP contribution in [0.15, 0.2) is 49.4 Å². The van der Waals surface area contributed by atoms with Crippen molar-refractivity contribution in [2.45, 2.75) is 6.54 Å². The number of hydrogen-bond acceptors (Lipinski definition) is 3. The molecule has 0 radical (unpaired) electrons.